The van der Waals surface area contributed by atoms with E-state index in [1.165, 1.54) is 6.92 Å². The predicted molar refractivity (Wildman–Crippen MR) is 52.7 cm³/mol. The minimum atomic E-state index is -0.704. The molecule has 74 valence electrons. The average Bonchev–Trinajstić information content (AvgIpc) is 2.02. The van der Waals surface area contributed by atoms with Crippen molar-refractivity contribution in [3.8, 4) is 0 Å². The lowest BCUT2D eigenvalue weighted by Crippen LogP contribution is -2.46. The summed E-state index contributed by atoms with van der Waals surface area (Å²) >= 11 is 4.61. The molecule has 13 heavy (non-hydrogen) atoms. The van der Waals surface area contributed by atoms with Gasteiger partial charge in [0.2, 0.25) is 11.8 Å². The third-order valence-corrected chi connectivity index (χ3v) is 1.96. The summed E-state index contributed by atoms with van der Waals surface area (Å²) in [5.41, 5.74) is 10.2. The van der Waals surface area contributed by atoms with Crippen molar-refractivity contribution in [1.29, 1.82) is 0 Å². The number of hydrogen-bond acceptors (Lipinski definition) is 3. The van der Waals surface area contributed by atoms with Crippen molar-refractivity contribution in [2.24, 2.45) is 17.4 Å². The van der Waals surface area contributed by atoms with E-state index in [1.54, 1.807) is 6.92 Å². The van der Waals surface area contributed by atoms with Gasteiger partial charge in [-0.3, -0.25) is 9.59 Å². The minimum absolute atomic E-state index is 0.0918. The van der Waals surface area contributed by atoms with E-state index in [-0.39, 0.29) is 10.9 Å². The first-order chi connectivity index (χ1) is 5.86. The summed E-state index contributed by atoms with van der Waals surface area (Å²) in [7, 11) is 0. The Balaban J connectivity index is 4.15. The third-order valence-electron chi connectivity index (χ3n) is 1.61. The van der Waals surface area contributed by atoms with Gasteiger partial charge in [-0.15, -0.1) is 0 Å². The summed E-state index contributed by atoms with van der Waals surface area (Å²) in [4.78, 5) is 21.9. The lowest BCUT2D eigenvalue weighted by molar-refractivity contribution is -0.127. The summed E-state index contributed by atoms with van der Waals surface area (Å²) in [6.45, 7) is 3.05. The average molecular weight is 203 g/mol. The largest absolute Gasteiger partial charge is 0.393 e. The Morgan fingerprint density at radius 1 is 1.31 bits per heavy atom. The topological polar surface area (TPSA) is 98.2 Å². The number of hydrogen-bond donors (Lipinski definition) is 3. The Labute approximate surface area is 81.8 Å². The SMILES string of the molecule is CC(NC(=O)C(C)C(N)=S)C(N)=O. The number of nitrogens with one attached hydrogen (secondary N) is 1. The molecule has 0 spiro atoms. The molecule has 0 saturated carbocycles. The van der Waals surface area contributed by atoms with E-state index in [4.69, 9.17) is 11.5 Å². The number of amides is 2. The van der Waals surface area contributed by atoms with Crippen LogP contribution in [-0.2, 0) is 9.59 Å². The highest BCUT2D eigenvalue weighted by atomic mass is 32.1. The monoisotopic (exact) mass is 203 g/mol. The van der Waals surface area contributed by atoms with Crippen molar-refractivity contribution in [3.05, 3.63) is 0 Å². The molecule has 2 unspecified atom stereocenters. The molecule has 0 fully saturated rings. The Morgan fingerprint density at radius 2 is 1.77 bits per heavy atom. The lowest BCUT2D eigenvalue weighted by Gasteiger charge is -2.13. The number of rotatable bonds is 4. The molecule has 0 heterocycles. The molecular formula is C7H13N3O2S. The van der Waals surface area contributed by atoms with Crippen molar-refractivity contribution in [2.45, 2.75) is 19.9 Å². The zero-order valence-electron chi connectivity index (χ0n) is 7.53. The second-order valence-electron chi connectivity index (χ2n) is 2.76. The maximum absolute atomic E-state index is 11.2. The molecule has 0 aromatic rings. The molecule has 0 aliphatic rings. The highest BCUT2D eigenvalue weighted by molar-refractivity contribution is 7.80. The normalized spacial score (nSPS) is 14.3. The van der Waals surface area contributed by atoms with E-state index in [0.29, 0.717) is 0 Å². The van der Waals surface area contributed by atoms with Crippen LogP contribution in [0.25, 0.3) is 0 Å². The van der Waals surface area contributed by atoms with Gasteiger partial charge in [-0.2, -0.15) is 0 Å². The van der Waals surface area contributed by atoms with Crippen LogP contribution in [0.4, 0.5) is 0 Å². The van der Waals surface area contributed by atoms with Crippen LogP contribution in [0, 0.1) is 5.92 Å². The summed E-state index contributed by atoms with van der Waals surface area (Å²) in [6, 6.07) is -0.704. The van der Waals surface area contributed by atoms with Gasteiger partial charge < -0.3 is 16.8 Å². The van der Waals surface area contributed by atoms with Crippen molar-refractivity contribution >= 4 is 29.0 Å². The number of carbonyl (C=O) groups excluding carboxylic acids is 2. The van der Waals surface area contributed by atoms with Crippen molar-refractivity contribution in [1.82, 2.24) is 5.32 Å². The second kappa shape index (κ2) is 4.76. The van der Waals surface area contributed by atoms with Gasteiger partial charge in [-0.25, -0.2) is 0 Å². The Morgan fingerprint density at radius 3 is 2.08 bits per heavy atom. The van der Waals surface area contributed by atoms with E-state index >= 15 is 0 Å². The van der Waals surface area contributed by atoms with Gasteiger partial charge in [0.15, 0.2) is 0 Å². The van der Waals surface area contributed by atoms with Gasteiger partial charge in [0, 0.05) is 0 Å². The molecule has 0 rings (SSSR count). The Hall–Kier alpha value is -1.17. The molecule has 0 radical (unpaired) electrons. The van der Waals surface area contributed by atoms with E-state index in [0.717, 1.165) is 0 Å². The van der Waals surface area contributed by atoms with Crippen LogP contribution >= 0.6 is 12.2 Å². The van der Waals surface area contributed by atoms with E-state index < -0.39 is 17.9 Å². The molecule has 0 bridgehead atoms. The first kappa shape index (κ1) is 11.8. The van der Waals surface area contributed by atoms with Crippen LogP contribution in [0.1, 0.15) is 13.8 Å². The van der Waals surface area contributed by atoms with Gasteiger partial charge in [0.1, 0.15) is 6.04 Å². The van der Waals surface area contributed by atoms with Crippen LogP contribution in [-0.4, -0.2) is 22.8 Å². The summed E-state index contributed by atoms with van der Waals surface area (Å²) in [5, 5.41) is 2.38. The van der Waals surface area contributed by atoms with E-state index in [9.17, 15) is 9.59 Å². The number of thiocarbonyl (C=S) groups is 1. The van der Waals surface area contributed by atoms with Crippen LogP contribution in [0.5, 0.6) is 0 Å². The zero-order valence-corrected chi connectivity index (χ0v) is 8.35. The molecule has 0 aromatic carbocycles. The first-order valence-electron chi connectivity index (χ1n) is 3.75. The third kappa shape index (κ3) is 3.84. The van der Waals surface area contributed by atoms with Crippen LogP contribution in [0.3, 0.4) is 0 Å². The molecule has 0 saturated heterocycles. The van der Waals surface area contributed by atoms with E-state index in [2.05, 4.69) is 17.5 Å². The highest BCUT2D eigenvalue weighted by Gasteiger charge is 2.19. The van der Waals surface area contributed by atoms with Crippen LogP contribution < -0.4 is 16.8 Å². The fourth-order valence-electron chi connectivity index (χ4n) is 0.539. The maximum atomic E-state index is 11.2. The molecule has 0 aliphatic carbocycles. The Bertz CT molecular complexity index is 242. The molecule has 5 nitrogen and oxygen atoms in total. The van der Waals surface area contributed by atoms with Crippen molar-refractivity contribution < 1.29 is 9.59 Å². The van der Waals surface area contributed by atoms with Crippen LogP contribution in [0.15, 0.2) is 0 Å². The maximum Gasteiger partial charge on any atom is 0.239 e. The summed E-state index contributed by atoms with van der Waals surface area (Å²) < 4.78 is 0. The molecule has 0 aromatic heterocycles. The quantitative estimate of drug-likeness (QED) is 0.505. The van der Waals surface area contributed by atoms with Crippen molar-refractivity contribution in [3.63, 3.8) is 0 Å². The number of primary amides is 1. The molecule has 0 aliphatic heterocycles. The zero-order chi connectivity index (χ0) is 10.6. The fraction of sp³-hybridized carbons (Fsp3) is 0.571. The smallest absolute Gasteiger partial charge is 0.239 e. The van der Waals surface area contributed by atoms with E-state index in [1.807, 2.05) is 0 Å². The summed E-state index contributed by atoms with van der Waals surface area (Å²) in [6.07, 6.45) is 0. The van der Waals surface area contributed by atoms with Gasteiger partial charge >= 0.3 is 0 Å². The lowest BCUT2D eigenvalue weighted by atomic mass is 10.1. The van der Waals surface area contributed by atoms with Gasteiger partial charge in [-0.1, -0.05) is 12.2 Å². The minimum Gasteiger partial charge on any atom is -0.393 e. The van der Waals surface area contributed by atoms with Gasteiger partial charge in [0.25, 0.3) is 0 Å². The molecular weight excluding hydrogens is 190 g/mol. The molecule has 6 heteroatoms. The molecule has 2 amide bonds. The standard InChI is InChI=1S/C7H13N3O2S/c1-3(6(9)13)7(12)10-4(2)5(8)11/h3-4H,1-2H3,(H2,8,11)(H2,9,13)(H,10,12). The molecule has 5 N–H and O–H groups in total. The highest BCUT2D eigenvalue weighted by Crippen LogP contribution is 1.95. The summed E-state index contributed by atoms with van der Waals surface area (Å²) in [5.74, 6) is -1.57. The number of nitrogens with two attached hydrogens (primary N) is 2. The first-order valence-corrected chi connectivity index (χ1v) is 4.16. The van der Waals surface area contributed by atoms with Gasteiger partial charge in [-0.05, 0) is 13.8 Å². The Kier molecular flexibility index (Phi) is 4.33. The van der Waals surface area contributed by atoms with Gasteiger partial charge in [0.05, 0.1) is 10.9 Å². The molecule has 2 atom stereocenters. The van der Waals surface area contributed by atoms with Crippen LogP contribution in [0.2, 0.25) is 0 Å². The van der Waals surface area contributed by atoms with Crippen molar-refractivity contribution in [2.75, 3.05) is 0 Å². The fourth-order valence-corrected chi connectivity index (χ4v) is 0.646. The second-order valence-corrected chi connectivity index (χ2v) is 3.23. The predicted octanol–water partition coefficient (Wildman–Crippen LogP) is -1.10. The number of carbonyl (C=O) groups is 2.